The van der Waals surface area contributed by atoms with Crippen LogP contribution in [0.4, 0.5) is 0 Å². The minimum absolute atomic E-state index is 0. The van der Waals surface area contributed by atoms with Crippen molar-refractivity contribution in [2.45, 2.75) is 19.8 Å². The third-order valence-corrected chi connectivity index (χ3v) is 2.20. The number of thiocarbonyl (C=S) groups is 1. The Kier molecular flexibility index (Phi) is 13.6. The minimum Gasteiger partial charge on any atom is -0.125 e. The van der Waals surface area contributed by atoms with E-state index in [1.165, 1.54) is 12.8 Å². The SMILES string of the molecule is CCCCSC(=S)S.[Zn]. The van der Waals surface area contributed by atoms with Crippen molar-refractivity contribution in [3.05, 3.63) is 0 Å². The molecule has 0 aromatic heterocycles. The van der Waals surface area contributed by atoms with E-state index in [1.807, 2.05) is 0 Å². The fourth-order valence-corrected chi connectivity index (χ4v) is 1.44. The molecule has 0 aliphatic heterocycles. The van der Waals surface area contributed by atoms with Crippen molar-refractivity contribution in [3.63, 3.8) is 0 Å². The maximum absolute atomic E-state index is 4.74. The van der Waals surface area contributed by atoms with Gasteiger partial charge in [-0.2, -0.15) is 0 Å². The molecule has 0 saturated carbocycles. The van der Waals surface area contributed by atoms with Crippen LogP contribution in [0.3, 0.4) is 0 Å². The Morgan fingerprint density at radius 3 is 2.56 bits per heavy atom. The van der Waals surface area contributed by atoms with Gasteiger partial charge in [-0.15, -0.1) is 24.4 Å². The quantitative estimate of drug-likeness (QED) is 0.343. The first-order chi connectivity index (χ1) is 3.77. The summed E-state index contributed by atoms with van der Waals surface area (Å²) >= 11 is 10.4. The molecule has 0 atom stereocenters. The molecule has 0 nitrogen and oxygen atoms in total. The predicted molar refractivity (Wildman–Crippen MR) is 49.0 cm³/mol. The van der Waals surface area contributed by atoms with Gasteiger partial charge in [-0.05, 0) is 12.2 Å². The number of thiol groups is 1. The normalized spacial score (nSPS) is 8.22. The van der Waals surface area contributed by atoms with Gasteiger partial charge in [0.1, 0.15) is 3.53 Å². The average molecular weight is 232 g/mol. The Bertz CT molecular complexity index is 74.6. The third-order valence-electron chi connectivity index (χ3n) is 0.723. The predicted octanol–water partition coefficient (Wildman–Crippen LogP) is 2.73. The molecule has 0 amide bonds. The fraction of sp³-hybridized carbons (Fsp3) is 0.800. The summed E-state index contributed by atoms with van der Waals surface area (Å²) < 4.78 is 0.762. The summed E-state index contributed by atoms with van der Waals surface area (Å²) in [7, 11) is 0. The minimum atomic E-state index is 0. The Morgan fingerprint density at radius 1 is 1.67 bits per heavy atom. The molecule has 0 rings (SSSR count). The Labute approximate surface area is 84.7 Å². The van der Waals surface area contributed by atoms with Gasteiger partial charge in [-0.25, -0.2) is 0 Å². The van der Waals surface area contributed by atoms with Crippen LogP contribution >= 0.6 is 36.6 Å². The average Bonchev–Trinajstić information content (AvgIpc) is 1.66. The zero-order valence-electron chi connectivity index (χ0n) is 5.59. The van der Waals surface area contributed by atoms with Crippen LogP contribution in [0.15, 0.2) is 0 Å². The van der Waals surface area contributed by atoms with E-state index in [2.05, 4.69) is 19.6 Å². The maximum Gasteiger partial charge on any atom is 0.101 e. The zero-order chi connectivity index (χ0) is 6.41. The van der Waals surface area contributed by atoms with E-state index in [1.54, 1.807) is 11.8 Å². The van der Waals surface area contributed by atoms with Crippen molar-refractivity contribution < 1.29 is 19.5 Å². The van der Waals surface area contributed by atoms with E-state index in [0.717, 1.165) is 9.28 Å². The molecule has 0 N–H and O–H groups in total. The molecule has 0 radical (unpaired) electrons. The number of hydrogen-bond donors (Lipinski definition) is 1. The molecular formula is C5H10S3Zn. The van der Waals surface area contributed by atoms with Crippen LogP contribution in [0, 0.1) is 0 Å². The molecule has 0 aliphatic rings. The van der Waals surface area contributed by atoms with Gasteiger partial charge in [0.25, 0.3) is 0 Å². The summed E-state index contributed by atoms with van der Waals surface area (Å²) in [5.41, 5.74) is 0. The molecule has 0 aromatic carbocycles. The van der Waals surface area contributed by atoms with Gasteiger partial charge < -0.3 is 0 Å². The van der Waals surface area contributed by atoms with E-state index >= 15 is 0 Å². The maximum atomic E-state index is 4.74. The zero-order valence-corrected chi connectivity index (χ0v) is 11.1. The van der Waals surface area contributed by atoms with E-state index in [9.17, 15) is 0 Å². The molecule has 0 aliphatic carbocycles. The molecule has 9 heavy (non-hydrogen) atoms. The standard InChI is InChI=1S/C5H10S3.Zn/c1-2-3-4-8-5(6)7;/h2-4H2,1H3,(H,6,7);. The van der Waals surface area contributed by atoms with Crippen LogP contribution in [0.25, 0.3) is 0 Å². The van der Waals surface area contributed by atoms with Crippen molar-refractivity contribution in [2.24, 2.45) is 0 Å². The van der Waals surface area contributed by atoms with Crippen molar-refractivity contribution in [1.29, 1.82) is 0 Å². The second kappa shape index (κ2) is 9.41. The summed E-state index contributed by atoms with van der Waals surface area (Å²) in [6, 6.07) is 0. The van der Waals surface area contributed by atoms with Gasteiger partial charge in [0, 0.05) is 19.5 Å². The summed E-state index contributed by atoms with van der Waals surface area (Å²) in [4.78, 5) is 0. The Balaban J connectivity index is 0. The first kappa shape index (κ1) is 13.0. The van der Waals surface area contributed by atoms with Crippen LogP contribution < -0.4 is 0 Å². The van der Waals surface area contributed by atoms with Crippen LogP contribution in [0.1, 0.15) is 19.8 Å². The summed E-state index contributed by atoms with van der Waals surface area (Å²) in [6.07, 6.45) is 2.48. The monoisotopic (exact) mass is 230 g/mol. The molecule has 0 saturated heterocycles. The van der Waals surface area contributed by atoms with Crippen molar-refractivity contribution in [2.75, 3.05) is 5.75 Å². The van der Waals surface area contributed by atoms with Crippen molar-refractivity contribution >= 4 is 40.1 Å². The summed E-state index contributed by atoms with van der Waals surface area (Å²) in [6.45, 7) is 2.17. The van der Waals surface area contributed by atoms with Gasteiger partial charge in [-0.1, -0.05) is 25.6 Å². The molecule has 0 heterocycles. The fourth-order valence-electron chi connectivity index (χ4n) is 0.304. The van der Waals surface area contributed by atoms with Gasteiger partial charge in [0.2, 0.25) is 0 Å². The van der Waals surface area contributed by atoms with Crippen LogP contribution in [-0.4, -0.2) is 9.28 Å². The van der Waals surface area contributed by atoms with Crippen LogP contribution in [-0.2, 0) is 19.5 Å². The van der Waals surface area contributed by atoms with Gasteiger partial charge in [0.05, 0.1) is 0 Å². The second-order valence-electron chi connectivity index (χ2n) is 1.47. The number of thioether (sulfide) groups is 1. The Morgan fingerprint density at radius 2 is 2.22 bits per heavy atom. The van der Waals surface area contributed by atoms with Crippen molar-refractivity contribution in [1.82, 2.24) is 0 Å². The van der Waals surface area contributed by atoms with Crippen LogP contribution in [0.5, 0.6) is 0 Å². The molecule has 50 valence electrons. The van der Waals surface area contributed by atoms with Crippen molar-refractivity contribution in [3.8, 4) is 0 Å². The molecule has 0 bridgehead atoms. The Hall–Kier alpha value is 1.41. The molecule has 0 aromatic rings. The molecule has 4 heteroatoms. The van der Waals surface area contributed by atoms with E-state index in [-0.39, 0.29) is 19.5 Å². The number of hydrogen-bond acceptors (Lipinski definition) is 2. The largest absolute Gasteiger partial charge is 0.125 e. The first-order valence-electron chi connectivity index (χ1n) is 2.63. The molecule has 0 unspecified atom stereocenters. The van der Waals surface area contributed by atoms with E-state index in [0.29, 0.717) is 0 Å². The van der Waals surface area contributed by atoms with Gasteiger partial charge >= 0.3 is 0 Å². The topological polar surface area (TPSA) is 0 Å². The molecular weight excluding hydrogens is 222 g/mol. The van der Waals surface area contributed by atoms with Crippen LogP contribution in [0.2, 0.25) is 0 Å². The second-order valence-corrected chi connectivity index (χ2v) is 4.29. The molecule has 0 fully saturated rings. The summed E-state index contributed by atoms with van der Waals surface area (Å²) in [5, 5.41) is 0. The van der Waals surface area contributed by atoms with Gasteiger partial charge in [-0.3, -0.25) is 0 Å². The van der Waals surface area contributed by atoms with E-state index < -0.39 is 0 Å². The third kappa shape index (κ3) is 12.6. The number of rotatable bonds is 3. The smallest absolute Gasteiger partial charge is 0.101 e. The first-order valence-corrected chi connectivity index (χ1v) is 4.47. The number of unbranched alkanes of at least 4 members (excludes halogenated alkanes) is 1. The van der Waals surface area contributed by atoms with E-state index in [4.69, 9.17) is 12.2 Å². The molecule has 0 spiro atoms. The van der Waals surface area contributed by atoms with Gasteiger partial charge in [0.15, 0.2) is 0 Å². The summed E-state index contributed by atoms with van der Waals surface area (Å²) in [5.74, 6) is 1.12.